The smallest absolute Gasteiger partial charge is 0.238 e. The first-order chi connectivity index (χ1) is 8.13. The summed E-state index contributed by atoms with van der Waals surface area (Å²) in [5.74, 6) is 1.89. The molecule has 1 saturated heterocycles. The Morgan fingerprint density at radius 2 is 2.06 bits per heavy atom. The molecule has 0 bridgehead atoms. The summed E-state index contributed by atoms with van der Waals surface area (Å²) < 4.78 is 0. The predicted octanol–water partition coefficient (Wildman–Crippen LogP) is 2.37. The van der Waals surface area contributed by atoms with E-state index in [0.29, 0.717) is 24.7 Å². The third-order valence-corrected chi connectivity index (χ3v) is 4.64. The van der Waals surface area contributed by atoms with E-state index in [4.69, 9.17) is 0 Å². The normalized spacial score (nSPS) is 38.8. The monoisotopic (exact) mass is 238 g/mol. The lowest BCUT2D eigenvalue weighted by molar-refractivity contribution is -0.131. The maximum absolute atomic E-state index is 12.0. The van der Waals surface area contributed by atoms with Gasteiger partial charge in [-0.3, -0.25) is 10.1 Å². The van der Waals surface area contributed by atoms with Gasteiger partial charge in [0.1, 0.15) is 0 Å². The lowest BCUT2D eigenvalue weighted by Crippen LogP contribution is -2.47. The highest BCUT2D eigenvalue weighted by atomic mass is 16.2. The molecule has 0 aromatic rings. The van der Waals surface area contributed by atoms with Crippen molar-refractivity contribution in [2.24, 2.45) is 11.8 Å². The molecule has 0 spiro atoms. The summed E-state index contributed by atoms with van der Waals surface area (Å²) in [6.07, 6.45) is 6.19. The Morgan fingerprint density at radius 3 is 2.71 bits per heavy atom. The van der Waals surface area contributed by atoms with Crippen molar-refractivity contribution >= 4 is 5.91 Å². The third kappa shape index (κ3) is 2.65. The molecule has 4 atom stereocenters. The molecule has 0 aromatic carbocycles. The molecule has 1 aliphatic heterocycles. The molecule has 0 aromatic heterocycles. The molecular formula is C14H26N2O. The van der Waals surface area contributed by atoms with Crippen LogP contribution in [0, 0.1) is 11.8 Å². The zero-order valence-electron chi connectivity index (χ0n) is 11.4. The highest BCUT2D eigenvalue weighted by molar-refractivity contribution is 5.81. The maximum Gasteiger partial charge on any atom is 0.238 e. The molecule has 2 rings (SSSR count). The fourth-order valence-corrected chi connectivity index (χ4v) is 3.31. The first-order valence-corrected chi connectivity index (χ1v) is 7.18. The van der Waals surface area contributed by atoms with E-state index in [1.54, 1.807) is 0 Å². The Labute approximate surface area is 105 Å². The van der Waals surface area contributed by atoms with Gasteiger partial charge in [0.2, 0.25) is 5.91 Å². The van der Waals surface area contributed by atoms with Crippen LogP contribution in [0.3, 0.4) is 0 Å². The lowest BCUT2D eigenvalue weighted by atomic mass is 9.78. The van der Waals surface area contributed by atoms with Crippen LogP contribution in [-0.4, -0.2) is 29.6 Å². The Kier molecular flexibility index (Phi) is 4.08. The lowest BCUT2D eigenvalue weighted by Gasteiger charge is -2.39. The Hall–Kier alpha value is -0.570. The van der Waals surface area contributed by atoms with Crippen LogP contribution in [0.25, 0.3) is 0 Å². The number of carbonyl (C=O) groups excluding carboxylic acids is 1. The van der Waals surface area contributed by atoms with Crippen molar-refractivity contribution < 1.29 is 4.79 Å². The largest absolute Gasteiger partial charge is 0.323 e. The third-order valence-electron chi connectivity index (χ3n) is 4.64. The molecular weight excluding hydrogens is 212 g/mol. The second kappa shape index (κ2) is 5.38. The number of hydrogen-bond donors (Lipinski definition) is 1. The van der Waals surface area contributed by atoms with Gasteiger partial charge in [-0.2, -0.15) is 0 Å². The summed E-state index contributed by atoms with van der Waals surface area (Å²) >= 11 is 0. The van der Waals surface area contributed by atoms with Gasteiger partial charge in [0, 0.05) is 6.04 Å². The minimum atomic E-state index is 0.304. The van der Waals surface area contributed by atoms with Crippen LogP contribution in [0.5, 0.6) is 0 Å². The quantitative estimate of drug-likeness (QED) is 0.818. The van der Waals surface area contributed by atoms with E-state index in [1.165, 1.54) is 19.3 Å². The SMILES string of the molecule is CCCC1NCC(=O)N1C1CCC(C)C(C)C1. The summed E-state index contributed by atoms with van der Waals surface area (Å²) in [6, 6.07) is 0.486. The van der Waals surface area contributed by atoms with E-state index in [1.807, 2.05) is 0 Å². The zero-order chi connectivity index (χ0) is 12.4. The van der Waals surface area contributed by atoms with E-state index < -0.39 is 0 Å². The van der Waals surface area contributed by atoms with Crippen LogP contribution in [0.1, 0.15) is 52.9 Å². The average Bonchev–Trinajstić information content (AvgIpc) is 2.65. The number of nitrogens with zero attached hydrogens (tertiary/aromatic N) is 1. The van der Waals surface area contributed by atoms with Gasteiger partial charge < -0.3 is 4.90 Å². The minimum absolute atomic E-state index is 0.304. The summed E-state index contributed by atoms with van der Waals surface area (Å²) in [7, 11) is 0. The van der Waals surface area contributed by atoms with Crippen molar-refractivity contribution in [3.8, 4) is 0 Å². The molecule has 4 unspecified atom stereocenters. The van der Waals surface area contributed by atoms with Crippen molar-refractivity contribution in [3.05, 3.63) is 0 Å². The van der Waals surface area contributed by atoms with E-state index in [9.17, 15) is 4.79 Å². The van der Waals surface area contributed by atoms with Crippen molar-refractivity contribution in [2.45, 2.75) is 65.1 Å². The van der Waals surface area contributed by atoms with E-state index in [0.717, 1.165) is 24.7 Å². The van der Waals surface area contributed by atoms with Gasteiger partial charge >= 0.3 is 0 Å². The second-order valence-corrected chi connectivity index (χ2v) is 5.91. The number of hydrogen-bond acceptors (Lipinski definition) is 2. The van der Waals surface area contributed by atoms with Gasteiger partial charge in [0.15, 0.2) is 0 Å². The van der Waals surface area contributed by atoms with Crippen LogP contribution in [-0.2, 0) is 4.79 Å². The fourth-order valence-electron chi connectivity index (χ4n) is 3.31. The van der Waals surface area contributed by atoms with Gasteiger partial charge in [-0.15, -0.1) is 0 Å². The number of amides is 1. The van der Waals surface area contributed by atoms with Gasteiger partial charge in [0.05, 0.1) is 12.7 Å². The molecule has 1 heterocycles. The molecule has 17 heavy (non-hydrogen) atoms. The highest BCUT2D eigenvalue weighted by Crippen LogP contribution is 2.33. The van der Waals surface area contributed by atoms with Gasteiger partial charge in [0.25, 0.3) is 0 Å². The standard InChI is InChI=1S/C14H26N2O/c1-4-5-13-15-9-14(17)16(13)12-7-6-10(2)11(3)8-12/h10-13,15H,4-9H2,1-3H3. The predicted molar refractivity (Wildman–Crippen MR) is 69.5 cm³/mol. The summed E-state index contributed by atoms with van der Waals surface area (Å²) in [6.45, 7) is 7.41. The molecule has 1 amide bonds. The van der Waals surface area contributed by atoms with Crippen LogP contribution < -0.4 is 5.32 Å². The van der Waals surface area contributed by atoms with E-state index in [-0.39, 0.29) is 0 Å². The van der Waals surface area contributed by atoms with Crippen molar-refractivity contribution in [1.29, 1.82) is 0 Å². The topological polar surface area (TPSA) is 32.3 Å². The number of nitrogens with one attached hydrogen (secondary N) is 1. The second-order valence-electron chi connectivity index (χ2n) is 5.91. The van der Waals surface area contributed by atoms with Crippen molar-refractivity contribution in [1.82, 2.24) is 10.2 Å². The summed E-state index contributed by atoms with van der Waals surface area (Å²) in [4.78, 5) is 14.2. The highest BCUT2D eigenvalue weighted by Gasteiger charge is 2.38. The van der Waals surface area contributed by atoms with Crippen LogP contribution in [0.4, 0.5) is 0 Å². The summed E-state index contributed by atoms with van der Waals surface area (Å²) in [5, 5.41) is 3.36. The minimum Gasteiger partial charge on any atom is -0.323 e. The van der Waals surface area contributed by atoms with Crippen molar-refractivity contribution in [2.75, 3.05) is 6.54 Å². The van der Waals surface area contributed by atoms with Crippen molar-refractivity contribution in [3.63, 3.8) is 0 Å². The first-order valence-electron chi connectivity index (χ1n) is 7.18. The van der Waals surface area contributed by atoms with Gasteiger partial charge in [-0.05, 0) is 37.5 Å². The molecule has 3 nitrogen and oxygen atoms in total. The molecule has 1 saturated carbocycles. The Balaban J connectivity index is 2.01. The van der Waals surface area contributed by atoms with Crippen LogP contribution >= 0.6 is 0 Å². The molecule has 98 valence electrons. The fraction of sp³-hybridized carbons (Fsp3) is 0.929. The molecule has 0 radical (unpaired) electrons. The average molecular weight is 238 g/mol. The number of carbonyl (C=O) groups is 1. The zero-order valence-corrected chi connectivity index (χ0v) is 11.4. The molecule has 1 N–H and O–H groups in total. The van der Waals surface area contributed by atoms with Crippen LogP contribution in [0.2, 0.25) is 0 Å². The summed E-state index contributed by atoms with van der Waals surface area (Å²) in [5.41, 5.74) is 0. The molecule has 2 aliphatic rings. The molecule has 2 fully saturated rings. The maximum atomic E-state index is 12.0. The van der Waals surface area contributed by atoms with Crippen LogP contribution in [0.15, 0.2) is 0 Å². The Morgan fingerprint density at radius 1 is 1.29 bits per heavy atom. The van der Waals surface area contributed by atoms with Gasteiger partial charge in [-0.25, -0.2) is 0 Å². The van der Waals surface area contributed by atoms with E-state index >= 15 is 0 Å². The van der Waals surface area contributed by atoms with E-state index in [2.05, 4.69) is 31.0 Å². The Bertz CT molecular complexity index is 279. The van der Waals surface area contributed by atoms with Gasteiger partial charge in [-0.1, -0.05) is 27.2 Å². The number of rotatable bonds is 3. The first kappa shape index (κ1) is 12.9. The molecule has 3 heteroatoms. The molecule has 1 aliphatic carbocycles.